The van der Waals surface area contributed by atoms with Gasteiger partial charge in [0, 0.05) is 43.4 Å². The van der Waals surface area contributed by atoms with Crippen LogP contribution in [0.5, 0.6) is 0 Å². The fraction of sp³-hybridized carbons (Fsp3) is 0.273. The van der Waals surface area contributed by atoms with Crippen LogP contribution in [0, 0.1) is 17.5 Å². The highest BCUT2D eigenvalue weighted by Crippen LogP contribution is 2.28. The monoisotopic (exact) mass is 450 g/mol. The van der Waals surface area contributed by atoms with Crippen molar-refractivity contribution in [2.24, 2.45) is 7.05 Å². The predicted molar refractivity (Wildman–Crippen MR) is 114 cm³/mol. The number of benzene rings is 2. The number of amides is 1. The number of aromatic nitrogens is 2. The maximum Gasteiger partial charge on any atom is 0.254 e. The first-order valence-corrected chi connectivity index (χ1v) is 9.68. The summed E-state index contributed by atoms with van der Waals surface area (Å²) >= 11 is 0. The number of rotatable bonds is 4. The number of aryl methyl sites for hydroxylation is 1. The summed E-state index contributed by atoms with van der Waals surface area (Å²) in [5.74, 6) is -2.82. The molecule has 0 saturated carbocycles. The fourth-order valence-electron chi connectivity index (χ4n) is 3.96. The van der Waals surface area contributed by atoms with Gasteiger partial charge in [-0.05, 0) is 48.9 Å². The molecule has 1 fully saturated rings. The summed E-state index contributed by atoms with van der Waals surface area (Å²) in [5, 5.41) is 10.1. The van der Waals surface area contributed by atoms with E-state index in [9.17, 15) is 18.0 Å². The summed E-state index contributed by atoms with van der Waals surface area (Å²) in [6.07, 6.45) is 2.20. The molecule has 0 unspecified atom stereocenters. The number of halogens is 4. The molecule has 2 N–H and O–H groups in total. The SMILES string of the molecule is Cl.Cn1nccc1-c1ccc(C(=O)N[C@@H]2CNCC[C@H]2c2cc(F)cc(F)c2)c(F)c1. The number of carbonyl (C=O) groups is 1. The highest BCUT2D eigenvalue weighted by Gasteiger charge is 2.29. The Morgan fingerprint density at radius 2 is 1.87 bits per heavy atom. The molecule has 5 nitrogen and oxygen atoms in total. The number of nitrogens with zero attached hydrogens (tertiary/aromatic N) is 2. The second-order valence-corrected chi connectivity index (χ2v) is 7.42. The third kappa shape index (κ3) is 4.91. The molecule has 0 spiro atoms. The van der Waals surface area contributed by atoms with Gasteiger partial charge in [0.1, 0.15) is 17.5 Å². The molecular weight excluding hydrogens is 429 g/mol. The van der Waals surface area contributed by atoms with E-state index in [1.165, 1.54) is 24.3 Å². The van der Waals surface area contributed by atoms with Crippen LogP contribution in [-0.2, 0) is 7.05 Å². The Morgan fingerprint density at radius 1 is 1.13 bits per heavy atom. The molecule has 1 aliphatic rings. The van der Waals surface area contributed by atoms with Crippen molar-refractivity contribution in [3.8, 4) is 11.3 Å². The summed E-state index contributed by atoms with van der Waals surface area (Å²) in [6, 6.07) is 9.09. The van der Waals surface area contributed by atoms with Crippen LogP contribution in [0.1, 0.15) is 28.3 Å². The molecule has 4 rings (SSSR count). The van der Waals surface area contributed by atoms with E-state index in [0.29, 0.717) is 30.6 Å². The van der Waals surface area contributed by atoms with Crippen LogP contribution < -0.4 is 10.6 Å². The van der Waals surface area contributed by atoms with Gasteiger partial charge in [0.2, 0.25) is 0 Å². The van der Waals surface area contributed by atoms with E-state index >= 15 is 0 Å². The van der Waals surface area contributed by atoms with Gasteiger partial charge in [0.15, 0.2) is 0 Å². The minimum absolute atomic E-state index is 0. The minimum Gasteiger partial charge on any atom is -0.347 e. The van der Waals surface area contributed by atoms with Crippen LogP contribution in [0.15, 0.2) is 48.7 Å². The Kier molecular flexibility index (Phi) is 7.02. The van der Waals surface area contributed by atoms with E-state index in [2.05, 4.69) is 15.7 Å². The smallest absolute Gasteiger partial charge is 0.254 e. The molecule has 31 heavy (non-hydrogen) atoms. The van der Waals surface area contributed by atoms with E-state index < -0.39 is 29.4 Å². The highest BCUT2D eigenvalue weighted by atomic mass is 35.5. The molecule has 0 aliphatic carbocycles. The van der Waals surface area contributed by atoms with Crippen LogP contribution in [0.2, 0.25) is 0 Å². The lowest BCUT2D eigenvalue weighted by atomic mass is 9.85. The van der Waals surface area contributed by atoms with E-state index in [1.807, 2.05) is 0 Å². The zero-order valence-electron chi connectivity index (χ0n) is 16.7. The van der Waals surface area contributed by atoms with Crippen molar-refractivity contribution in [2.45, 2.75) is 18.4 Å². The molecule has 164 valence electrons. The average molecular weight is 451 g/mol. The Labute approximate surface area is 184 Å². The molecule has 0 bridgehead atoms. The van der Waals surface area contributed by atoms with Crippen molar-refractivity contribution >= 4 is 18.3 Å². The number of hydrogen-bond donors (Lipinski definition) is 2. The topological polar surface area (TPSA) is 59.0 Å². The third-order valence-electron chi connectivity index (χ3n) is 5.44. The quantitative estimate of drug-likeness (QED) is 0.635. The first-order valence-electron chi connectivity index (χ1n) is 9.68. The van der Waals surface area contributed by atoms with Crippen molar-refractivity contribution in [2.75, 3.05) is 13.1 Å². The van der Waals surface area contributed by atoms with Crippen molar-refractivity contribution < 1.29 is 18.0 Å². The minimum atomic E-state index is -0.662. The number of piperidine rings is 1. The van der Waals surface area contributed by atoms with Crippen LogP contribution >= 0.6 is 12.4 Å². The first kappa shape index (κ1) is 22.8. The van der Waals surface area contributed by atoms with Crippen LogP contribution in [0.3, 0.4) is 0 Å². The normalized spacial score (nSPS) is 18.3. The average Bonchev–Trinajstić information content (AvgIpc) is 3.13. The zero-order chi connectivity index (χ0) is 21.3. The largest absolute Gasteiger partial charge is 0.347 e. The second kappa shape index (κ2) is 9.53. The van der Waals surface area contributed by atoms with Gasteiger partial charge in [0.25, 0.3) is 5.91 Å². The Hall–Kier alpha value is -2.84. The van der Waals surface area contributed by atoms with Gasteiger partial charge >= 0.3 is 0 Å². The van der Waals surface area contributed by atoms with Crippen molar-refractivity contribution in [1.82, 2.24) is 20.4 Å². The molecule has 2 atom stereocenters. The van der Waals surface area contributed by atoms with Gasteiger partial charge in [-0.2, -0.15) is 5.10 Å². The third-order valence-corrected chi connectivity index (χ3v) is 5.44. The maximum atomic E-state index is 14.7. The van der Waals surface area contributed by atoms with Gasteiger partial charge in [-0.1, -0.05) is 6.07 Å². The van der Waals surface area contributed by atoms with Gasteiger partial charge in [-0.25, -0.2) is 13.2 Å². The van der Waals surface area contributed by atoms with Gasteiger partial charge in [-0.15, -0.1) is 12.4 Å². The molecule has 1 amide bonds. The molecule has 1 aliphatic heterocycles. The predicted octanol–water partition coefficient (Wildman–Crippen LogP) is 3.80. The fourth-order valence-corrected chi connectivity index (χ4v) is 3.96. The van der Waals surface area contributed by atoms with Gasteiger partial charge < -0.3 is 10.6 Å². The van der Waals surface area contributed by atoms with Crippen molar-refractivity contribution in [1.29, 1.82) is 0 Å². The molecule has 1 saturated heterocycles. The van der Waals surface area contributed by atoms with Crippen molar-refractivity contribution in [3.05, 3.63) is 77.2 Å². The van der Waals surface area contributed by atoms with Gasteiger partial charge in [-0.3, -0.25) is 9.48 Å². The van der Waals surface area contributed by atoms with E-state index in [4.69, 9.17) is 0 Å². The van der Waals surface area contributed by atoms with Crippen molar-refractivity contribution in [3.63, 3.8) is 0 Å². The number of nitrogens with one attached hydrogen (secondary N) is 2. The zero-order valence-corrected chi connectivity index (χ0v) is 17.6. The lowest BCUT2D eigenvalue weighted by molar-refractivity contribution is 0.0920. The van der Waals surface area contributed by atoms with E-state index in [1.54, 1.807) is 30.1 Å². The van der Waals surface area contributed by atoms with Gasteiger partial charge in [0.05, 0.1) is 11.3 Å². The Balaban J connectivity index is 0.00000272. The molecule has 0 radical (unpaired) electrons. The maximum absolute atomic E-state index is 14.7. The summed E-state index contributed by atoms with van der Waals surface area (Å²) in [7, 11) is 1.75. The molecular formula is C22H22ClF3N4O. The summed E-state index contributed by atoms with van der Waals surface area (Å²) in [5.41, 5.74) is 1.73. The molecule has 2 heterocycles. The number of carbonyl (C=O) groups excluding carboxylic acids is 1. The standard InChI is InChI=1S/C22H21F3N4O.ClH/c1-29-21(5-7-27-29)13-2-3-18(19(25)10-13)22(30)28-20-12-26-6-4-17(20)14-8-15(23)11-16(24)9-14;/h2-3,5,7-11,17,20,26H,4,6,12H2,1H3,(H,28,30);1H/t17-,20+;/m0./s1. The Bertz CT molecular complexity index is 1070. The molecule has 9 heteroatoms. The lowest BCUT2D eigenvalue weighted by Crippen LogP contribution is -2.50. The summed E-state index contributed by atoms with van der Waals surface area (Å²) < 4.78 is 43.7. The van der Waals surface area contributed by atoms with E-state index in [-0.39, 0.29) is 23.9 Å². The number of hydrogen-bond acceptors (Lipinski definition) is 3. The molecule has 1 aromatic heterocycles. The molecule has 2 aromatic carbocycles. The van der Waals surface area contributed by atoms with Crippen LogP contribution in [-0.4, -0.2) is 34.8 Å². The van der Waals surface area contributed by atoms with Crippen LogP contribution in [0.4, 0.5) is 13.2 Å². The first-order chi connectivity index (χ1) is 14.4. The summed E-state index contributed by atoms with van der Waals surface area (Å²) in [6.45, 7) is 1.08. The van der Waals surface area contributed by atoms with E-state index in [0.717, 1.165) is 11.8 Å². The highest BCUT2D eigenvalue weighted by molar-refractivity contribution is 5.95. The summed E-state index contributed by atoms with van der Waals surface area (Å²) in [4.78, 5) is 12.8. The lowest BCUT2D eigenvalue weighted by Gasteiger charge is -2.33. The Morgan fingerprint density at radius 3 is 2.52 bits per heavy atom. The van der Waals surface area contributed by atoms with Crippen LogP contribution in [0.25, 0.3) is 11.3 Å². The molecule has 3 aromatic rings. The second-order valence-electron chi connectivity index (χ2n) is 7.42.